The number of benzene rings is 2. The number of rotatable bonds is 6. The van der Waals surface area contributed by atoms with Crippen molar-refractivity contribution in [3.8, 4) is 5.75 Å². The van der Waals surface area contributed by atoms with Gasteiger partial charge in [0, 0.05) is 6.54 Å². The van der Waals surface area contributed by atoms with Gasteiger partial charge in [0.25, 0.3) is 0 Å². The second kappa shape index (κ2) is 7.70. The second-order valence-corrected chi connectivity index (χ2v) is 4.80. The van der Waals surface area contributed by atoms with Crippen molar-refractivity contribution in [2.45, 2.75) is 19.4 Å². The van der Waals surface area contributed by atoms with Gasteiger partial charge in [-0.3, -0.25) is 0 Å². The Bertz CT molecular complexity index is 667. The molecular weight excluding hydrogens is 284 g/mol. The Morgan fingerprint density at radius 2 is 1.67 bits per heavy atom. The molecule has 0 fully saturated rings. The standard InChI is InChI=1S/C17H18N2O.ClH/c1-2-8-15(9-3-1)20-13-7-6-12-19-14-18-16-10-4-5-11-17(16)19;/h1-5,8-11,14H,6-7,12-13H2;1H. The highest BCUT2D eigenvalue weighted by Gasteiger charge is 2.00. The Kier molecular flexibility index (Phi) is 5.64. The first-order valence-electron chi connectivity index (χ1n) is 7.01. The van der Waals surface area contributed by atoms with Crippen LogP contribution in [0.15, 0.2) is 60.9 Å². The van der Waals surface area contributed by atoms with Gasteiger partial charge in [-0.15, -0.1) is 12.4 Å². The van der Waals surface area contributed by atoms with Crippen LogP contribution < -0.4 is 4.74 Å². The van der Waals surface area contributed by atoms with Crippen LogP contribution in [-0.2, 0) is 6.54 Å². The van der Waals surface area contributed by atoms with E-state index in [-0.39, 0.29) is 12.4 Å². The van der Waals surface area contributed by atoms with Gasteiger partial charge < -0.3 is 9.30 Å². The highest BCUT2D eigenvalue weighted by Crippen LogP contribution is 2.13. The SMILES string of the molecule is Cl.c1ccc(OCCCCn2cnc3ccccc32)cc1. The van der Waals surface area contributed by atoms with E-state index in [1.165, 1.54) is 5.52 Å². The molecule has 21 heavy (non-hydrogen) atoms. The summed E-state index contributed by atoms with van der Waals surface area (Å²) in [5.74, 6) is 0.945. The van der Waals surface area contributed by atoms with Crippen LogP contribution in [0.2, 0.25) is 0 Å². The fraction of sp³-hybridized carbons (Fsp3) is 0.235. The quantitative estimate of drug-likeness (QED) is 0.634. The highest BCUT2D eigenvalue weighted by atomic mass is 35.5. The van der Waals surface area contributed by atoms with E-state index in [9.17, 15) is 0 Å². The molecule has 0 aliphatic heterocycles. The third kappa shape index (κ3) is 3.99. The maximum Gasteiger partial charge on any atom is 0.119 e. The van der Waals surface area contributed by atoms with Crippen LogP contribution in [0, 0.1) is 0 Å². The van der Waals surface area contributed by atoms with E-state index < -0.39 is 0 Å². The Labute approximate surface area is 131 Å². The first-order valence-corrected chi connectivity index (χ1v) is 7.01. The monoisotopic (exact) mass is 302 g/mol. The molecule has 4 heteroatoms. The van der Waals surface area contributed by atoms with Crippen molar-refractivity contribution in [2.75, 3.05) is 6.61 Å². The van der Waals surface area contributed by atoms with Crippen molar-refractivity contribution >= 4 is 23.4 Å². The Morgan fingerprint density at radius 3 is 2.52 bits per heavy atom. The zero-order chi connectivity index (χ0) is 13.6. The fourth-order valence-corrected chi connectivity index (χ4v) is 2.28. The van der Waals surface area contributed by atoms with E-state index in [0.717, 1.165) is 37.3 Å². The van der Waals surface area contributed by atoms with E-state index in [4.69, 9.17) is 4.74 Å². The lowest BCUT2D eigenvalue weighted by Crippen LogP contribution is -2.01. The van der Waals surface area contributed by atoms with Crippen LogP contribution in [0.1, 0.15) is 12.8 Å². The number of aryl methyl sites for hydroxylation is 1. The van der Waals surface area contributed by atoms with E-state index in [2.05, 4.69) is 21.7 Å². The number of fused-ring (bicyclic) bond motifs is 1. The highest BCUT2D eigenvalue weighted by molar-refractivity contribution is 5.85. The third-order valence-corrected chi connectivity index (χ3v) is 3.33. The van der Waals surface area contributed by atoms with Crippen molar-refractivity contribution in [3.63, 3.8) is 0 Å². The van der Waals surface area contributed by atoms with Crippen molar-refractivity contribution in [3.05, 3.63) is 60.9 Å². The molecule has 0 spiro atoms. The topological polar surface area (TPSA) is 27.1 Å². The zero-order valence-electron chi connectivity index (χ0n) is 11.8. The second-order valence-electron chi connectivity index (χ2n) is 4.80. The molecule has 2 aromatic carbocycles. The van der Waals surface area contributed by atoms with Gasteiger partial charge in [0.05, 0.1) is 24.0 Å². The number of para-hydroxylation sites is 3. The van der Waals surface area contributed by atoms with Crippen molar-refractivity contribution in [1.82, 2.24) is 9.55 Å². The lowest BCUT2D eigenvalue weighted by Gasteiger charge is -2.06. The van der Waals surface area contributed by atoms with Gasteiger partial charge in [0.1, 0.15) is 5.75 Å². The van der Waals surface area contributed by atoms with Crippen LogP contribution >= 0.6 is 12.4 Å². The molecule has 3 nitrogen and oxygen atoms in total. The molecule has 3 aromatic rings. The lowest BCUT2D eigenvalue weighted by atomic mass is 10.3. The number of hydrogen-bond acceptors (Lipinski definition) is 2. The van der Waals surface area contributed by atoms with Crippen LogP contribution in [0.4, 0.5) is 0 Å². The molecule has 0 aliphatic rings. The maximum absolute atomic E-state index is 5.69. The summed E-state index contributed by atoms with van der Waals surface area (Å²) in [7, 11) is 0. The largest absolute Gasteiger partial charge is 0.494 e. The Balaban J connectivity index is 0.00000161. The van der Waals surface area contributed by atoms with Gasteiger partial charge in [-0.1, -0.05) is 30.3 Å². The van der Waals surface area contributed by atoms with Gasteiger partial charge in [0.15, 0.2) is 0 Å². The number of halogens is 1. The number of unbranched alkanes of at least 4 members (excludes halogenated alkanes) is 1. The van der Waals surface area contributed by atoms with E-state index >= 15 is 0 Å². The first-order chi connectivity index (χ1) is 9.93. The fourth-order valence-electron chi connectivity index (χ4n) is 2.28. The molecule has 0 radical (unpaired) electrons. The molecule has 0 saturated heterocycles. The molecule has 1 heterocycles. The summed E-state index contributed by atoms with van der Waals surface area (Å²) in [6.45, 7) is 1.75. The molecule has 0 amide bonds. The predicted molar refractivity (Wildman–Crippen MR) is 88.2 cm³/mol. The Hall–Kier alpha value is -2.00. The average molecular weight is 303 g/mol. The van der Waals surface area contributed by atoms with Crippen molar-refractivity contribution in [1.29, 1.82) is 0 Å². The van der Waals surface area contributed by atoms with Gasteiger partial charge in [-0.2, -0.15) is 0 Å². The molecule has 1 aromatic heterocycles. The summed E-state index contributed by atoms with van der Waals surface area (Å²) in [5.41, 5.74) is 2.27. The molecular formula is C17H19ClN2O. The lowest BCUT2D eigenvalue weighted by molar-refractivity contribution is 0.303. The minimum absolute atomic E-state index is 0. The molecule has 0 atom stereocenters. The summed E-state index contributed by atoms with van der Waals surface area (Å²) < 4.78 is 7.89. The summed E-state index contributed by atoms with van der Waals surface area (Å²) in [4.78, 5) is 4.40. The van der Waals surface area contributed by atoms with Crippen LogP contribution in [0.25, 0.3) is 11.0 Å². The maximum atomic E-state index is 5.69. The molecule has 0 saturated carbocycles. The van der Waals surface area contributed by atoms with E-state index in [1.807, 2.05) is 48.8 Å². The summed E-state index contributed by atoms with van der Waals surface area (Å²) in [5, 5.41) is 0. The number of aromatic nitrogens is 2. The average Bonchev–Trinajstić information content (AvgIpc) is 2.91. The van der Waals surface area contributed by atoms with Crippen molar-refractivity contribution < 1.29 is 4.74 Å². The zero-order valence-corrected chi connectivity index (χ0v) is 12.6. The minimum Gasteiger partial charge on any atom is -0.494 e. The van der Waals surface area contributed by atoms with Gasteiger partial charge >= 0.3 is 0 Å². The smallest absolute Gasteiger partial charge is 0.119 e. The Morgan fingerprint density at radius 1 is 0.905 bits per heavy atom. The molecule has 3 rings (SSSR count). The van der Waals surface area contributed by atoms with Crippen molar-refractivity contribution in [2.24, 2.45) is 0 Å². The normalized spacial score (nSPS) is 10.3. The van der Waals surface area contributed by atoms with E-state index in [0.29, 0.717) is 0 Å². The molecule has 0 aliphatic carbocycles. The summed E-state index contributed by atoms with van der Waals surface area (Å²) >= 11 is 0. The van der Waals surface area contributed by atoms with Gasteiger partial charge in [-0.25, -0.2) is 4.98 Å². The minimum atomic E-state index is 0. The molecule has 110 valence electrons. The van der Waals surface area contributed by atoms with Crippen LogP contribution in [-0.4, -0.2) is 16.2 Å². The summed E-state index contributed by atoms with van der Waals surface area (Å²) in [6, 6.07) is 18.2. The predicted octanol–water partition coefficient (Wildman–Crippen LogP) is 4.32. The van der Waals surface area contributed by atoms with Crippen LogP contribution in [0.5, 0.6) is 5.75 Å². The van der Waals surface area contributed by atoms with Gasteiger partial charge in [0.2, 0.25) is 0 Å². The molecule has 0 bridgehead atoms. The van der Waals surface area contributed by atoms with Crippen LogP contribution in [0.3, 0.4) is 0 Å². The number of imidazole rings is 1. The number of hydrogen-bond donors (Lipinski definition) is 0. The number of nitrogens with zero attached hydrogens (tertiary/aromatic N) is 2. The number of ether oxygens (including phenoxy) is 1. The first kappa shape index (κ1) is 15.4. The summed E-state index contributed by atoms with van der Waals surface area (Å²) in [6.07, 6.45) is 4.05. The third-order valence-electron chi connectivity index (χ3n) is 3.33. The van der Waals surface area contributed by atoms with Gasteiger partial charge in [-0.05, 0) is 37.1 Å². The van der Waals surface area contributed by atoms with E-state index in [1.54, 1.807) is 0 Å². The molecule has 0 unspecified atom stereocenters. The molecule has 0 N–H and O–H groups in total.